The fraction of sp³-hybridized carbons (Fsp3) is 0.273. The molecule has 8 nitrogen and oxygen atoms in total. The monoisotopic (exact) mass is 474 g/mol. The van der Waals surface area contributed by atoms with Crippen molar-refractivity contribution in [3.8, 4) is 11.6 Å². The number of hydrogen-bond acceptors (Lipinski definition) is 5. The Bertz CT molecular complexity index is 1270. The highest BCUT2D eigenvalue weighted by molar-refractivity contribution is 7.92. The van der Waals surface area contributed by atoms with Crippen LogP contribution in [0.3, 0.4) is 0 Å². The summed E-state index contributed by atoms with van der Waals surface area (Å²) >= 11 is 6.08. The molecular weight excluding hydrogens is 452 g/mol. The minimum absolute atomic E-state index is 0.259. The van der Waals surface area contributed by atoms with Crippen molar-refractivity contribution in [1.29, 1.82) is 0 Å². The maximum absolute atomic E-state index is 12.9. The lowest BCUT2D eigenvalue weighted by atomic mass is 10.2. The van der Waals surface area contributed by atoms with Crippen molar-refractivity contribution in [3.05, 3.63) is 65.1 Å². The van der Waals surface area contributed by atoms with E-state index < -0.39 is 10.0 Å². The number of halogens is 1. The Morgan fingerprint density at radius 3 is 2.72 bits per heavy atom. The minimum Gasteiger partial charge on any atom is -0.489 e. The summed E-state index contributed by atoms with van der Waals surface area (Å²) in [6, 6.07) is 9.93. The molecule has 0 unspecified atom stereocenters. The van der Waals surface area contributed by atoms with E-state index in [2.05, 4.69) is 15.0 Å². The first-order chi connectivity index (χ1) is 15.2. The molecule has 1 aliphatic carbocycles. The standard InChI is InChI=1S/C22H23ClN4O4S/c1-14-8-16(12-27(14)21-20(4-3-7-24-21)31-13-15-5-6-15)22(28)25-18-9-17(23)10-19(11-18)26-32(2,29)30/h3-4,7-12,15,26H,5-6,13H2,1-2H3,(H,25,28). The van der Waals surface area contributed by atoms with Crippen LogP contribution in [0.2, 0.25) is 5.02 Å². The number of benzene rings is 1. The predicted octanol–water partition coefficient (Wildman–Crippen LogP) is 4.25. The van der Waals surface area contributed by atoms with Crippen molar-refractivity contribution in [1.82, 2.24) is 9.55 Å². The van der Waals surface area contributed by atoms with Crippen LogP contribution in [0, 0.1) is 12.8 Å². The van der Waals surface area contributed by atoms with Crippen LogP contribution in [-0.4, -0.2) is 36.7 Å². The van der Waals surface area contributed by atoms with E-state index in [4.69, 9.17) is 16.3 Å². The number of ether oxygens (including phenoxy) is 1. The molecule has 1 amide bonds. The zero-order chi connectivity index (χ0) is 22.9. The molecule has 0 atom stereocenters. The van der Waals surface area contributed by atoms with Crippen LogP contribution >= 0.6 is 11.6 Å². The number of nitrogens with zero attached hydrogens (tertiary/aromatic N) is 2. The van der Waals surface area contributed by atoms with Gasteiger partial charge in [0.15, 0.2) is 11.6 Å². The number of aryl methyl sites for hydroxylation is 1. The van der Waals surface area contributed by atoms with Gasteiger partial charge < -0.3 is 14.6 Å². The highest BCUT2D eigenvalue weighted by Crippen LogP contribution is 2.31. The Hall–Kier alpha value is -3.04. The lowest BCUT2D eigenvalue weighted by Gasteiger charge is -2.12. The molecule has 0 bridgehead atoms. The average Bonchev–Trinajstić information content (AvgIpc) is 3.45. The molecule has 0 radical (unpaired) electrons. The van der Waals surface area contributed by atoms with Gasteiger partial charge in [-0.1, -0.05) is 11.6 Å². The largest absolute Gasteiger partial charge is 0.489 e. The van der Waals surface area contributed by atoms with Gasteiger partial charge in [0, 0.05) is 28.8 Å². The van der Waals surface area contributed by atoms with Gasteiger partial charge in [-0.15, -0.1) is 0 Å². The number of sulfonamides is 1. The number of pyridine rings is 1. The summed E-state index contributed by atoms with van der Waals surface area (Å²) in [5.74, 6) is 1.52. The summed E-state index contributed by atoms with van der Waals surface area (Å²) in [5.41, 5.74) is 1.86. The minimum atomic E-state index is -3.48. The van der Waals surface area contributed by atoms with E-state index in [1.54, 1.807) is 24.5 Å². The maximum atomic E-state index is 12.9. The predicted molar refractivity (Wildman–Crippen MR) is 124 cm³/mol. The van der Waals surface area contributed by atoms with Crippen LogP contribution in [-0.2, 0) is 10.0 Å². The molecule has 10 heteroatoms. The first-order valence-corrected chi connectivity index (χ1v) is 12.3. The van der Waals surface area contributed by atoms with E-state index in [1.165, 1.54) is 25.0 Å². The first kappa shape index (κ1) is 22.2. The third kappa shape index (κ3) is 5.60. The van der Waals surface area contributed by atoms with E-state index in [0.717, 1.165) is 11.9 Å². The molecule has 0 aliphatic heterocycles. The second-order valence-corrected chi connectivity index (χ2v) is 10.1. The first-order valence-electron chi connectivity index (χ1n) is 10.0. The van der Waals surface area contributed by atoms with Gasteiger partial charge in [-0.2, -0.15) is 0 Å². The van der Waals surface area contributed by atoms with Crippen molar-refractivity contribution >= 4 is 38.9 Å². The lowest BCUT2D eigenvalue weighted by Crippen LogP contribution is -2.13. The molecule has 168 valence electrons. The van der Waals surface area contributed by atoms with Gasteiger partial charge in [-0.3, -0.25) is 9.52 Å². The van der Waals surface area contributed by atoms with Gasteiger partial charge >= 0.3 is 0 Å². The number of amides is 1. The molecule has 3 aromatic rings. The molecule has 0 spiro atoms. The Kier molecular flexibility index (Phi) is 6.12. The molecule has 4 rings (SSSR count). The van der Waals surface area contributed by atoms with Gasteiger partial charge in [0.2, 0.25) is 10.0 Å². The summed E-state index contributed by atoms with van der Waals surface area (Å²) in [7, 11) is -3.48. The third-order valence-corrected chi connectivity index (χ3v) is 5.71. The van der Waals surface area contributed by atoms with Gasteiger partial charge in [-0.05, 0) is 62.1 Å². The highest BCUT2D eigenvalue weighted by atomic mass is 35.5. The zero-order valence-electron chi connectivity index (χ0n) is 17.6. The molecule has 1 aromatic carbocycles. The van der Waals surface area contributed by atoms with Crippen molar-refractivity contribution in [2.45, 2.75) is 19.8 Å². The number of anilines is 2. The van der Waals surface area contributed by atoms with Crippen LogP contribution in [0.4, 0.5) is 11.4 Å². The van der Waals surface area contributed by atoms with Gasteiger partial charge in [0.1, 0.15) is 0 Å². The summed E-state index contributed by atoms with van der Waals surface area (Å²) in [4.78, 5) is 17.3. The Balaban J connectivity index is 1.55. The summed E-state index contributed by atoms with van der Waals surface area (Å²) in [6.45, 7) is 2.54. The number of rotatable bonds is 8. The van der Waals surface area contributed by atoms with E-state index in [-0.39, 0.29) is 16.6 Å². The van der Waals surface area contributed by atoms with Crippen molar-refractivity contribution in [2.75, 3.05) is 22.9 Å². The molecule has 0 saturated heterocycles. The molecular formula is C22H23ClN4O4S. The van der Waals surface area contributed by atoms with Crippen molar-refractivity contribution in [2.24, 2.45) is 5.92 Å². The van der Waals surface area contributed by atoms with E-state index in [0.29, 0.717) is 35.3 Å². The number of nitrogens with one attached hydrogen (secondary N) is 2. The van der Waals surface area contributed by atoms with Crippen LogP contribution < -0.4 is 14.8 Å². The molecule has 2 aromatic heterocycles. The SMILES string of the molecule is Cc1cc(C(=O)Nc2cc(Cl)cc(NS(C)(=O)=O)c2)cn1-c1ncccc1OCC1CC1. The Morgan fingerprint density at radius 2 is 2.00 bits per heavy atom. The van der Waals surface area contributed by atoms with Crippen LogP contribution in [0.5, 0.6) is 5.75 Å². The highest BCUT2D eigenvalue weighted by Gasteiger charge is 2.23. The Morgan fingerprint density at radius 1 is 1.25 bits per heavy atom. The normalized spacial score (nSPS) is 13.6. The Labute approximate surface area is 191 Å². The fourth-order valence-electron chi connectivity index (χ4n) is 3.23. The van der Waals surface area contributed by atoms with Gasteiger partial charge in [-0.25, -0.2) is 13.4 Å². The average molecular weight is 475 g/mol. The second kappa shape index (κ2) is 8.84. The smallest absolute Gasteiger partial charge is 0.257 e. The number of hydrogen-bond donors (Lipinski definition) is 2. The van der Waals surface area contributed by atoms with Crippen molar-refractivity contribution < 1.29 is 17.9 Å². The van der Waals surface area contributed by atoms with E-state index in [1.807, 2.05) is 23.6 Å². The number of aromatic nitrogens is 2. The molecule has 2 heterocycles. The zero-order valence-corrected chi connectivity index (χ0v) is 19.2. The van der Waals surface area contributed by atoms with Crippen LogP contribution in [0.1, 0.15) is 28.9 Å². The molecule has 32 heavy (non-hydrogen) atoms. The molecule has 1 aliphatic rings. The maximum Gasteiger partial charge on any atom is 0.257 e. The van der Waals surface area contributed by atoms with Gasteiger partial charge in [0.25, 0.3) is 5.91 Å². The van der Waals surface area contributed by atoms with Gasteiger partial charge in [0.05, 0.1) is 24.1 Å². The van der Waals surface area contributed by atoms with Crippen molar-refractivity contribution in [3.63, 3.8) is 0 Å². The van der Waals surface area contributed by atoms with E-state index >= 15 is 0 Å². The molecule has 1 fully saturated rings. The second-order valence-electron chi connectivity index (χ2n) is 7.88. The van der Waals surface area contributed by atoms with Crippen LogP contribution in [0.25, 0.3) is 5.82 Å². The third-order valence-electron chi connectivity index (χ3n) is 4.88. The molecule has 1 saturated carbocycles. The number of carbonyl (C=O) groups is 1. The topological polar surface area (TPSA) is 102 Å². The lowest BCUT2D eigenvalue weighted by molar-refractivity contribution is 0.102. The molecule has 2 N–H and O–H groups in total. The summed E-state index contributed by atoms with van der Waals surface area (Å²) < 4.78 is 33.1. The summed E-state index contributed by atoms with van der Waals surface area (Å²) in [6.07, 6.45) is 6.79. The fourth-order valence-corrected chi connectivity index (χ4v) is 4.01. The number of carbonyl (C=O) groups excluding carboxylic acids is 1. The van der Waals surface area contributed by atoms with E-state index in [9.17, 15) is 13.2 Å². The van der Waals surface area contributed by atoms with Crippen LogP contribution in [0.15, 0.2) is 48.8 Å². The quantitative estimate of drug-likeness (QED) is 0.508. The summed E-state index contributed by atoms with van der Waals surface area (Å²) in [5, 5.41) is 3.04.